The second kappa shape index (κ2) is 13.2. The van der Waals surface area contributed by atoms with Crippen LogP contribution in [0.25, 0.3) is 0 Å². The summed E-state index contributed by atoms with van der Waals surface area (Å²) in [7, 11) is 0. The summed E-state index contributed by atoms with van der Waals surface area (Å²) >= 11 is 0. The lowest BCUT2D eigenvalue weighted by molar-refractivity contribution is -0.193. The molecule has 3 aliphatic heterocycles. The largest absolute Gasteiger partial charge is 0.490 e. The first kappa shape index (κ1) is 31.2. The number of morpholine rings is 1. The van der Waals surface area contributed by atoms with Crippen LogP contribution in [0.2, 0.25) is 0 Å². The monoisotopic (exact) mass is 559 g/mol. The van der Waals surface area contributed by atoms with Gasteiger partial charge in [0.25, 0.3) is 0 Å². The second-order valence-electron chi connectivity index (χ2n) is 8.88. The van der Waals surface area contributed by atoms with Crippen LogP contribution in [0.3, 0.4) is 0 Å². The predicted octanol–water partition coefficient (Wildman–Crippen LogP) is 2.05. The highest BCUT2D eigenvalue weighted by atomic mass is 19.4. The number of hydrogen-bond acceptors (Lipinski definition) is 7. The van der Waals surface area contributed by atoms with Crippen molar-refractivity contribution in [3.05, 3.63) is 30.1 Å². The van der Waals surface area contributed by atoms with E-state index in [0.29, 0.717) is 32.2 Å². The van der Waals surface area contributed by atoms with Crippen LogP contribution in [0, 0.1) is 11.3 Å². The highest BCUT2D eigenvalue weighted by Gasteiger charge is 2.52. The molecule has 4 heterocycles. The molecule has 10 nitrogen and oxygen atoms in total. The lowest BCUT2D eigenvalue weighted by Crippen LogP contribution is -2.44. The normalized spacial score (nSPS) is 23.4. The number of carbonyl (C=O) groups is 3. The maximum atomic E-state index is 12.7. The van der Waals surface area contributed by atoms with Crippen molar-refractivity contribution < 1.29 is 60.4 Å². The lowest BCUT2D eigenvalue weighted by atomic mass is 9.77. The molecule has 0 radical (unpaired) electrons. The van der Waals surface area contributed by atoms with Gasteiger partial charge in [-0.25, -0.2) is 9.59 Å². The summed E-state index contributed by atoms with van der Waals surface area (Å²) in [6.45, 7) is 7.08. The van der Waals surface area contributed by atoms with E-state index >= 15 is 0 Å². The highest BCUT2D eigenvalue weighted by Crippen LogP contribution is 2.44. The molecule has 4 rings (SSSR count). The first-order valence-electron chi connectivity index (χ1n) is 11.3. The molecule has 2 N–H and O–H groups in total. The van der Waals surface area contributed by atoms with Crippen molar-refractivity contribution in [1.82, 2.24) is 14.8 Å². The van der Waals surface area contributed by atoms with E-state index in [4.69, 9.17) is 29.3 Å². The van der Waals surface area contributed by atoms with Crippen molar-refractivity contribution in [2.75, 3.05) is 52.6 Å². The van der Waals surface area contributed by atoms with Crippen LogP contribution in [0.5, 0.6) is 0 Å². The Kier molecular flexibility index (Phi) is 10.8. The van der Waals surface area contributed by atoms with Crippen molar-refractivity contribution in [3.8, 4) is 0 Å². The number of rotatable bonds is 4. The Bertz CT molecular complexity index is 918. The molecule has 1 aromatic heterocycles. The molecule has 0 bridgehead atoms. The summed E-state index contributed by atoms with van der Waals surface area (Å²) in [6, 6.07) is 4.09. The highest BCUT2D eigenvalue weighted by molar-refractivity contribution is 5.77. The number of carboxylic acids is 2. The number of fused-ring (bicyclic) bond motifs is 1. The minimum atomic E-state index is -5.08. The molecule has 0 spiro atoms. The molecule has 0 saturated carbocycles. The Morgan fingerprint density at radius 3 is 2.11 bits per heavy atom. The maximum Gasteiger partial charge on any atom is 0.490 e. The van der Waals surface area contributed by atoms with Gasteiger partial charge in [0.2, 0.25) is 5.91 Å². The predicted molar refractivity (Wildman–Crippen MR) is 116 cm³/mol. The average Bonchev–Trinajstić information content (AvgIpc) is 3.36. The van der Waals surface area contributed by atoms with E-state index in [2.05, 4.69) is 16.0 Å². The Hall–Kier alpha value is -2.98. The minimum absolute atomic E-state index is 0.0163. The quantitative estimate of drug-likeness (QED) is 0.533. The van der Waals surface area contributed by atoms with Gasteiger partial charge >= 0.3 is 24.3 Å². The average molecular weight is 559 g/mol. The molecule has 0 unspecified atom stereocenters. The van der Waals surface area contributed by atoms with E-state index in [-0.39, 0.29) is 11.3 Å². The van der Waals surface area contributed by atoms with Crippen molar-refractivity contribution >= 4 is 17.8 Å². The molecule has 38 heavy (non-hydrogen) atoms. The van der Waals surface area contributed by atoms with E-state index in [9.17, 15) is 31.1 Å². The number of halogens is 6. The van der Waals surface area contributed by atoms with E-state index in [1.54, 1.807) is 6.20 Å². The van der Waals surface area contributed by atoms with Gasteiger partial charge in [0.15, 0.2) is 0 Å². The number of aromatic nitrogens is 1. The molecule has 3 aliphatic rings. The number of alkyl halides is 6. The molecule has 1 aromatic rings. The van der Waals surface area contributed by atoms with E-state index in [0.717, 1.165) is 39.3 Å². The fourth-order valence-corrected chi connectivity index (χ4v) is 4.29. The van der Waals surface area contributed by atoms with Gasteiger partial charge in [-0.15, -0.1) is 0 Å². The number of carbonyl (C=O) groups excluding carboxylic acids is 1. The van der Waals surface area contributed by atoms with Gasteiger partial charge in [0, 0.05) is 62.9 Å². The molecule has 0 aromatic carbocycles. The molecular weight excluding hydrogens is 532 g/mol. The maximum absolute atomic E-state index is 12.7. The van der Waals surface area contributed by atoms with E-state index < -0.39 is 24.3 Å². The third-order valence-electron chi connectivity index (χ3n) is 6.07. The third-order valence-corrected chi connectivity index (χ3v) is 6.07. The summed E-state index contributed by atoms with van der Waals surface area (Å²) in [5.74, 6) is -4.80. The Morgan fingerprint density at radius 1 is 1.03 bits per heavy atom. The van der Waals surface area contributed by atoms with Crippen molar-refractivity contribution in [3.63, 3.8) is 0 Å². The van der Waals surface area contributed by atoms with Crippen molar-refractivity contribution in [2.45, 2.75) is 25.3 Å². The molecule has 214 valence electrons. The molecule has 3 fully saturated rings. The van der Waals surface area contributed by atoms with Crippen molar-refractivity contribution in [2.24, 2.45) is 11.3 Å². The zero-order valence-corrected chi connectivity index (χ0v) is 20.0. The van der Waals surface area contributed by atoms with Gasteiger partial charge in [0.05, 0.1) is 26.4 Å². The minimum Gasteiger partial charge on any atom is -0.475 e. The summed E-state index contributed by atoms with van der Waals surface area (Å²) in [6.07, 6.45) is -5.84. The number of ether oxygens (including phenoxy) is 2. The van der Waals surface area contributed by atoms with Gasteiger partial charge in [-0.2, -0.15) is 26.3 Å². The fraction of sp³-hybridized carbons (Fsp3) is 0.636. The topological polar surface area (TPSA) is 130 Å². The van der Waals surface area contributed by atoms with Crippen LogP contribution in [0.4, 0.5) is 26.3 Å². The summed E-state index contributed by atoms with van der Waals surface area (Å²) in [5, 5.41) is 14.2. The molecule has 3 saturated heterocycles. The van der Waals surface area contributed by atoms with Gasteiger partial charge < -0.3 is 24.6 Å². The van der Waals surface area contributed by atoms with Gasteiger partial charge in [-0.1, -0.05) is 6.07 Å². The molecule has 2 atom stereocenters. The second-order valence-corrected chi connectivity index (χ2v) is 8.88. The van der Waals surface area contributed by atoms with E-state index in [1.165, 1.54) is 5.56 Å². The number of aliphatic carboxylic acids is 2. The van der Waals surface area contributed by atoms with Crippen LogP contribution >= 0.6 is 0 Å². The number of hydrogen-bond donors (Lipinski definition) is 2. The zero-order valence-electron chi connectivity index (χ0n) is 20.0. The molecule has 1 amide bonds. The number of pyridine rings is 1. The van der Waals surface area contributed by atoms with Crippen LogP contribution in [0.15, 0.2) is 24.5 Å². The Labute approximate surface area is 213 Å². The number of carboxylic acid groups (broad SMARTS) is 2. The van der Waals surface area contributed by atoms with Crippen molar-refractivity contribution in [1.29, 1.82) is 0 Å². The number of likely N-dealkylation sites (tertiary alicyclic amines) is 1. The Morgan fingerprint density at radius 2 is 1.61 bits per heavy atom. The van der Waals surface area contributed by atoms with Gasteiger partial charge in [-0.3, -0.25) is 14.7 Å². The van der Waals surface area contributed by atoms with Crippen LogP contribution in [-0.2, 0) is 30.4 Å². The SMILES string of the molecule is O=C(C[C@]12COC[C@H]1CN(Cc1cccnc1)C2)N1CCOCC1.O=C(O)C(F)(F)F.O=C(O)C(F)(F)F. The summed E-state index contributed by atoms with van der Waals surface area (Å²) in [4.78, 5) is 39.1. The van der Waals surface area contributed by atoms with Crippen LogP contribution in [0.1, 0.15) is 12.0 Å². The Balaban J connectivity index is 0.000000301. The molecule has 0 aliphatic carbocycles. The molecule has 16 heteroatoms. The van der Waals surface area contributed by atoms with Crippen LogP contribution in [-0.4, -0.2) is 108 Å². The molecular formula is C22H27F6N3O7. The smallest absolute Gasteiger partial charge is 0.475 e. The summed E-state index contributed by atoms with van der Waals surface area (Å²) < 4.78 is 74.6. The zero-order chi connectivity index (χ0) is 28.6. The van der Waals surface area contributed by atoms with Gasteiger partial charge in [-0.05, 0) is 11.6 Å². The number of amides is 1. The standard InChI is InChI=1S/C18H25N3O3.2C2HF3O2/c22-17(21-4-6-23-7-5-21)8-18-13-20(11-16(18)12-24-14-18)10-15-2-1-3-19-9-15;2*3-2(4,5)1(6)7/h1-3,9,16H,4-8,10-14H2;2*(H,6,7)/t16-,18+;;/m1../s1. The summed E-state index contributed by atoms with van der Waals surface area (Å²) in [5.41, 5.74) is 1.21. The first-order valence-corrected chi connectivity index (χ1v) is 11.3. The van der Waals surface area contributed by atoms with Crippen LogP contribution < -0.4 is 0 Å². The first-order chi connectivity index (χ1) is 17.6. The van der Waals surface area contributed by atoms with E-state index in [1.807, 2.05) is 17.2 Å². The fourth-order valence-electron chi connectivity index (χ4n) is 4.29. The third kappa shape index (κ3) is 9.40. The number of nitrogens with zero attached hydrogens (tertiary/aromatic N) is 3. The lowest BCUT2D eigenvalue weighted by Gasteiger charge is -2.32. The van der Waals surface area contributed by atoms with Gasteiger partial charge in [0.1, 0.15) is 0 Å².